The highest BCUT2D eigenvalue weighted by Crippen LogP contribution is 2.45. The van der Waals surface area contributed by atoms with Crippen molar-refractivity contribution in [2.24, 2.45) is 23.7 Å². The molecule has 0 spiro atoms. The predicted molar refractivity (Wildman–Crippen MR) is 115 cm³/mol. The summed E-state index contributed by atoms with van der Waals surface area (Å²) < 4.78 is 11.8. The first-order valence-corrected chi connectivity index (χ1v) is 11.4. The molecule has 1 aromatic carbocycles. The quantitative estimate of drug-likeness (QED) is 0.681. The van der Waals surface area contributed by atoms with E-state index >= 15 is 0 Å². The fourth-order valence-electron chi connectivity index (χ4n) is 5.74. The Morgan fingerprint density at radius 2 is 1.86 bits per heavy atom. The van der Waals surface area contributed by atoms with E-state index in [9.17, 15) is 4.79 Å². The first-order valence-electron chi connectivity index (χ1n) is 11.4. The molecule has 4 rings (SSSR count). The number of rotatable bonds is 4. The van der Waals surface area contributed by atoms with Gasteiger partial charge in [-0.3, -0.25) is 0 Å². The Morgan fingerprint density at radius 1 is 1.14 bits per heavy atom. The molecule has 2 aliphatic carbocycles. The SMILES string of the molecule is CC1=C[C@@H](C)[C@@H]2CO[C@@H](Cc3ccc(OC(=O)NC4CCCCC4)cc3)[C@@H]1[C@@H]2C. The number of carbonyl (C=O) groups excluding carboxylic acids is 1. The molecule has 1 amide bonds. The summed E-state index contributed by atoms with van der Waals surface area (Å²) in [6.07, 6.45) is 9.01. The van der Waals surface area contributed by atoms with Crippen molar-refractivity contribution in [1.29, 1.82) is 0 Å². The second kappa shape index (κ2) is 8.91. The van der Waals surface area contributed by atoms with E-state index in [2.05, 4.69) is 44.3 Å². The molecule has 1 saturated heterocycles. The largest absolute Gasteiger partial charge is 0.412 e. The molecular formula is C25H35NO3. The van der Waals surface area contributed by atoms with Crippen molar-refractivity contribution < 1.29 is 14.3 Å². The number of carbonyl (C=O) groups is 1. The predicted octanol–water partition coefficient (Wildman–Crippen LogP) is 5.51. The van der Waals surface area contributed by atoms with Gasteiger partial charge in [-0.25, -0.2) is 4.79 Å². The molecule has 4 heteroatoms. The Labute approximate surface area is 175 Å². The van der Waals surface area contributed by atoms with E-state index in [1.807, 2.05) is 12.1 Å². The number of nitrogens with one attached hydrogen (secondary N) is 1. The van der Waals surface area contributed by atoms with Crippen LogP contribution in [0.1, 0.15) is 58.4 Å². The van der Waals surface area contributed by atoms with Gasteiger partial charge in [0, 0.05) is 12.0 Å². The van der Waals surface area contributed by atoms with Crippen molar-refractivity contribution in [2.75, 3.05) is 6.61 Å². The van der Waals surface area contributed by atoms with Crippen LogP contribution in [0, 0.1) is 23.7 Å². The minimum Gasteiger partial charge on any atom is -0.410 e. The van der Waals surface area contributed by atoms with Gasteiger partial charge in [0.2, 0.25) is 0 Å². The summed E-state index contributed by atoms with van der Waals surface area (Å²) in [5, 5.41) is 3.00. The van der Waals surface area contributed by atoms with Gasteiger partial charge in [0.1, 0.15) is 5.75 Å². The zero-order valence-corrected chi connectivity index (χ0v) is 18.0. The lowest BCUT2D eigenvalue weighted by molar-refractivity contribution is -0.0901. The molecule has 0 radical (unpaired) electrons. The summed E-state index contributed by atoms with van der Waals surface area (Å²) in [5.74, 6) is 3.02. The van der Waals surface area contributed by atoms with Crippen LogP contribution in [-0.4, -0.2) is 24.8 Å². The molecule has 1 aromatic rings. The van der Waals surface area contributed by atoms with E-state index in [1.165, 1.54) is 30.4 Å². The minimum absolute atomic E-state index is 0.228. The summed E-state index contributed by atoms with van der Waals surface area (Å²) >= 11 is 0. The van der Waals surface area contributed by atoms with Crippen molar-refractivity contribution in [2.45, 2.75) is 71.4 Å². The standard InChI is InChI=1S/C25H35NO3/c1-16-13-17(2)24-18(3)22(16)15-28-23(24)14-19-9-11-21(12-10-19)29-25(27)26-20-7-5-4-6-8-20/h9-13,16,18,20,22-24H,4-8,14-15H2,1-3H3,(H,26,27)/t16-,18-,22+,23+,24+/m1/s1. The lowest BCUT2D eigenvalue weighted by atomic mass is 9.65. The fraction of sp³-hybridized carbons (Fsp3) is 0.640. The lowest BCUT2D eigenvalue weighted by Gasteiger charge is -2.47. The smallest absolute Gasteiger partial charge is 0.410 e. The molecule has 0 aromatic heterocycles. The normalized spacial score (nSPS) is 32.4. The fourth-order valence-corrected chi connectivity index (χ4v) is 5.74. The van der Waals surface area contributed by atoms with Gasteiger partial charge in [0.25, 0.3) is 0 Å². The maximum Gasteiger partial charge on any atom is 0.412 e. The molecule has 0 unspecified atom stereocenters. The van der Waals surface area contributed by atoms with Crippen LogP contribution in [0.3, 0.4) is 0 Å². The maximum atomic E-state index is 12.1. The summed E-state index contributed by atoms with van der Waals surface area (Å²) in [4.78, 5) is 12.1. The highest BCUT2D eigenvalue weighted by Gasteiger charge is 2.43. The number of fused-ring (bicyclic) bond motifs is 2. The molecule has 1 saturated carbocycles. The number of hydrogen-bond donors (Lipinski definition) is 1. The highest BCUT2D eigenvalue weighted by molar-refractivity contribution is 5.70. The van der Waals surface area contributed by atoms with Crippen molar-refractivity contribution in [3.63, 3.8) is 0 Å². The maximum absolute atomic E-state index is 12.1. The molecule has 3 aliphatic rings. The first-order chi connectivity index (χ1) is 14.0. The van der Waals surface area contributed by atoms with Crippen molar-refractivity contribution in [1.82, 2.24) is 5.32 Å². The third kappa shape index (κ3) is 4.69. The van der Waals surface area contributed by atoms with Crippen LogP contribution in [0.15, 0.2) is 35.9 Å². The summed E-state index contributed by atoms with van der Waals surface area (Å²) in [5.41, 5.74) is 2.71. The number of ether oxygens (including phenoxy) is 2. The van der Waals surface area contributed by atoms with E-state index in [0.717, 1.165) is 25.9 Å². The number of benzene rings is 1. The van der Waals surface area contributed by atoms with Crippen LogP contribution in [0.4, 0.5) is 4.79 Å². The highest BCUT2D eigenvalue weighted by atomic mass is 16.6. The van der Waals surface area contributed by atoms with Crippen LogP contribution < -0.4 is 10.1 Å². The zero-order chi connectivity index (χ0) is 20.4. The molecule has 2 fully saturated rings. The molecular weight excluding hydrogens is 362 g/mol. The number of amides is 1. The Hall–Kier alpha value is -1.81. The third-order valence-electron chi connectivity index (χ3n) is 7.37. The Bertz CT molecular complexity index is 735. The van der Waals surface area contributed by atoms with Crippen LogP contribution in [0.2, 0.25) is 0 Å². The molecule has 5 atom stereocenters. The second-order valence-corrected chi connectivity index (χ2v) is 9.41. The molecule has 158 valence electrons. The Balaban J connectivity index is 1.33. The summed E-state index contributed by atoms with van der Waals surface area (Å²) in [6, 6.07) is 8.19. The van der Waals surface area contributed by atoms with Gasteiger partial charge in [0.05, 0.1) is 12.7 Å². The lowest BCUT2D eigenvalue weighted by Crippen LogP contribution is -2.47. The second-order valence-electron chi connectivity index (χ2n) is 9.41. The zero-order valence-electron chi connectivity index (χ0n) is 18.0. The van der Waals surface area contributed by atoms with Gasteiger partial charge in [0.15, 0.2) is 0 Å². The van der Waals surface area contributed by atoms with Crippen molar-refractivity contribution in [3.05, 3.63) is 41.5 Å². The van der Waals surface area contributed by atoms with Crippen molar-refractivity contribution >= 4 is 6.09 Å². The average molecular weight is 398 g/mol. The van der Waals surface area contributed by atoms with E-state index in [-0.39, 0.29) is 18.2 Å². The van der Waals surface area contributed by atoms with Crippen LogP contribution >= 0.6 is 0 Å². The van der Waals surface area contributed by atoms with Gasteiger partial charge < -0.3 is 14.8 Å². The van der Waals surface area contributed by atoms with Gasteiger partial charge >= 0.3 is 6.09 Å². The van der Waals surface area contributed by atoms with Gasteiger partial charge in [-0.15, -0.1) is 0 Å². The van der Waals surface area contributed by atoms with E-state index in [1.54, 1.807) is 0 Å². The van der Waals surface area contributed by atoms with Crippen LogP contribution in [-0.2, 0) is 11.2 Å². The van der Waals surface area contributed by atoms with Gasteiger partial charge in [-0.05, 0) is 61.6 Å². The monoisotopic (exact) mass is 397 g/mol. The van der Waals surface area contributed by atoms with Gasteiger partial charge in [-0.1, -0.05) is 56.9 Å². The van der Waals surface area contributed by atoms with E-state index in [4.69, 9.17) is 9.47 Å². The topological polar surface area (TPSA) is 47.6 Å². The molecule has 1 N–H and O–H groups in total. The van der Waals surface area contributed by atoms with E-state index in [0.29, 0.717) is 29.4 Å². The first kappa shape index (κ1) is 20.5. The summed E-state index contributed by atoms with van der Waals surface area (Å²) in [6.45, 7) is 7.82. The van der Waals surface area contributed by atoms with Gasteiger partial charge in [-0.2, -0.15) is 0 Å². The van der Waals surface area contributed by atoms with E-state index < -0.39 is 0 Å². The van der Waals surface area contributed by atoms with Crippen molar-refractivity contribution in [3.8, 4) is 5.75 Å². The average Bonchev–Trinajstić information content (AvgIpc) is 2.69. The van der Waals surface area contributed by atoms with Crippen LogP contribution in [0.25, 0.3) is 0 Å². The Morgan fingerprint density at radius 3 is 2.59 bits per heavy atom. The minimum atomic E-state index is -0.336. The number of allylic oxidation sites excluding steroid dienone is 1. The number of hydrogen-bond acceptors (Lipinski definition) is 3. The molecule has 2 bridgehead atoms. The molecule has 1 heterocycles. The summed E-state index contributed by atoms with van der Waals surface area (Å²) in [7, 11) is 0. The molecule has 4 nitrogen and oxygen atoms in total. The van der Waals surface area contributed by atoms with Crippen LogP contribution in [0.5, 0.6) is 5.75 Å². The molecule has 29 heavy (non-hydrogen) atoms. The molecule has 1 aliphatic heterocycles. The third-order valence-corrected chi connectivity index (χ3v) is 7.37. The Kier molecular flexibility index (Phi) is 6.29.